The molecule has 166 valence electrons. The van der Waals surface area contributed by atoms with Gasteiger partial charge in [0, 0.05) is 34.4 Å². The van der Waals surface area contributed by atoms with Gasteiger partial charge < -0.3 is 4.40 Å². The minimum atomic E-state index is 0.123. The first-order valence-corrected chi connectivity index (χ1v) is 12.1. The predicted molar refractivity (Wildman–Crippen MR) is 132 cm³/mol. The third-order valence-corrected chi connectivity index (χ3v) is 8.74. The summed E-state index contributed by atoms with van der Waals surface area (Å²) in [6.45, 7) is 14.7. The van der Waals surface area contributed by atoms with Crippen molar-refractivity contribution >= 4 is 11.0 Å². The Morgan fingerprint density at radius 1 is 0.719 bits per heavy atom. The Bertz CT molecular complexity index is 1370. The van der Waals surface area contributed by atoms with Crippen molar-refractivity contribution < 1.29 is 0 Å². The molecule has 0 amide bonds. The lowest BCUT2D eigenvalue weighted by Gasteiger charge is -2.34. The molecule has 2 aliphatic carbocycles. The molecule has 3 nitrogen and oxygen atoms in total. The van der Waals surface area contributed by atoms with Crippen molar-refractivity contribution in [2.24, 2.45) is 0 Å². The lowest BCUT2D eigenvalue weighted by Crippen LogP contribution is -2.29. The van der Waals surface area contributed by atoms with Gasteiger partial charge in [-0.15, -0.1) is 0 Å². The fraction of sp³-hybridized carbons (Fsp3) is 0.483. The number of aromatic nitrogens is 3. The second-order valence-electron chi connectivity index (χ2n) is 12.4. The Hall–Kier alpha value is -2.55. The molecule has 4 aromatic rings. The van der Waals surface area contributed by atoms with E-state index in [1.54, 1.807) is 5.56 Å². The van der Waals surface area contributed by atoms with Gasteiger partial charge in [-0.2, -0.15) is 5.10 Å². The average Bonchev–Trinajstić information content (AvgIpc) is 3.44. The first kappa shape index (κ1) is 20.1. The summed E-state index contributed by atoms with van der Waals surface area (Å²) in [5.74, 6) is 0. The Morgan fingerprint density at radius 2 is 1.41 bits per heavy atom. The molecule has 4 heterocycles. The molecule has 0 aromatic carbocycles. The maximum Gasteiger partial charge on any atom is 0.0665 e. The van der Waals surface area contributed by atoms with E-state index in [0.29, 0.717) is 0 Å². The van der Waals surface area contributed by atoms with Crippen molar-refractivity contribution in [1.82, 2.24) is 14.0 Å². The van der Waals surface area contributed by atoms with Crippen molar-refractivity contribution in [3.63, 3.8) is 0 Å². The Labute approximate surface area is 191 Å². The van der Waals surface area contributed by atoms with Crippen LogP contribution in [-0.4, -0.2) is 14.0 Å². The minimum Gasteiger partial charge on any atom is -0.320 e. The number of rotatable bonds is 3. The van der Waals surface area contributed by atoms with E-state index in [1.807, 2.05) is 6.20 Å². The maximum atomic E-state index is 4.75. The van der Waals surface area contributed by atoms with Gasteiger partial charge in [-0.25, -0.2) is 4.52 Å². The van der Waals surface area contributed by atoms with Gasteiger partial charge in [-0.3, -0.25) is 0 Å². The lowest BCUT2D eigenvalue weighted by molar-refractivity contribution is 0.279. The number of fused-ring (bicyclic) bond motifs is 6. The van der Waals surface area contributed by atoms with Crippen molar-refractivity contribution in [2.45, 2.75) is 88.9 Å². The summed E-state index contributed by atoms with van der Waals surface area (Å²) >= 11 is 0. The second kappa shape index (κ2) is 6.07. The van der Waals surface area contributed by atoms with Crippen LogP contribution in [0.25, 0.3) is 11.0 Å². The van der Waals surface area contributed by atoms with Crippen molar-refractivity contribution in [2.75, 3.05) is 0 Å². The number of hydrogen-bond donors (Lipinski definition) is 0. The smallest absolute Gasteiger partial charge is 0.0665 e. The average molecular weight is 426 g/mol. The van der Waals surface area contributed by atoms with Gasteiger partial charge in [-0.05, 0) is 78.0 Å². The summed E-state index contributed by atoms with van der Waals surface area (Å²) in [5, 5.41) is 4.75. The molecule has 0 spiro atoms. The van der Waals surface area contributed by atoms with E-state index >= 15 is 0 Å². The Balaban J connectivity index is 1.42. The van der Waals surface area contributed by atoms with Gasteiger partial charge in [0.25, 0.3) is 0 Å². The summed E-state index contributed by atoms with van der Waals surface area (Å²) < 4.78 is 4.66. The van der Waals surface area contributed by atoms with E-state index in [2.05, 4.69) is 99.1 Å². The van der Waals surface area contributed by atoms with Crippen molar-refractivity contribution in [3.8, 4) is 0 Å². The number of hydrogen-bond acceptors (Lipinski definition) is 1. The second-order valence-corrected chi connectivity index (χ2v) is 12.4. The summed E-state index contributed by atoms with van der Waals surface area (Å²) in [4.78, 5) is 0. The highest BCUT2D eigenvalue weighted by molar-refractivity contribution is 5.56. The molecule has 0 fully saturated rings. The first-order valence-electron chi connectivity index (χ1n) is 12.1. The van der Waals surface area contributed by atoms with Crippen molar-refractivity contribution in [3.05, 3.63) is 77.4 Å². The summed E-state index contributed by atoms with van der Waals surface area (Å²) in [6, 6.07) is 15.8. The molecule has 0 radical (unpaired) electrons. The normalized spacial score (nSPS) is 27.8. The molecular formula is C29H35N3. The largest absolute Gasteiger partial charge is 0.320 e. The highest BCUT2D eigenvalue weighted by Gasteiger charge is 2.50. The highest BCUT2D eigenvalue weighted by atomic mass is 15.2. The van der Waals surface area contributed by atoms with Gasteiger partial charge >= 0.3 is 0 Å². The van der Waals surface area contributed by atoms with Gasteiger partial charge in [0.15, 0.2) is 0 Å². The molecule has 0 unspecified atom stereocenters. The van der Waals surface area contributed by atoms with E-state index in [1.165, 1.54) is 53.7 Å². The molecule has 3 heteroatoms. The zero-order chi connectivity index (χ0) is 22.5. The van der Waals surface area contributed by atoms with Gasteiger partial charge in [0.2, 0.25) is 0 Å². The molecule has 6 rings (SSSR count). The molecule has 0 bridgehead atoms. The van der Waals surface area contributed by atoms with Crippen molar-refractivity contribution in [1.29, 1.82) is 0 Å². The van der Waals surface area contributed by atoms with Gasteiger partial charge in [0.1, 0.15) is 0 Å². The van der Waals surface area contributed by atoms with Crippen LogP contribution in [0.15, 0.2) is 54.9 Å². The summed E-state index contributed by atoms with van der Waals surface area (Å²) in [6.07, 6.45) is 8.94. The third kappa shape index (κ3) is 2.57. The van der Waals surface area contributed by atoms with Crippen LogP contribution in [0.3, 0.4) is 0 Å². The summed E-state index contributed by atoms with van der Waals surface area (Å²) in [7, 11) is 0. The quantitative estimate of drug-likeness (QED) is 0.348. The fourth-order valence-corrected chi connectivity index (χ4v) is 7.69. The Morgan fingerprint density at radius 3 is 2.22 bits per heavy atom. The maximum absolute atomic E-state index is 4.75. The topological polar surface area (TPSA) is 21.7 Å². The molecule has 0 N–H and O–H groups in total. The molecule has 0 saturated carbocycles. The van der Waals surface area contributed by atoms with Crippen LogP contribution in [0.4, 0.5) is 0 Å². The number of pyridine rings is 2. The van der Waals surface area contributed by atoms with Gasteiger partial charge in [0.05, 0.1) is 11.2 Å². The summed E-state index contributed by atoms with van der Waals surface area (Å²) in [5.41, 5.74) is 9.14. The standard InChI is InChI=1S/C29H35N3/c1-26(2)18-29(6,25-22(26)11-10-21-13-16-30-32(21)25)15-14-28(5)19-27(3,4)24-23(28)12-9-20-8-7-17-31(20)24/h7-13,16-17H,14-15,18-19H2,1-6H3/t28-,29-/m1/s1. The van der Waals surface area contributed by atoms with Crippen LogP contribution < -0.4 is 0 Å². The molecule has 0 aliphatic heterocycles. The molecule has 2 atom stereocenters. The predicted octanol–water partition coefficient (Wildman–Crippen LogP) is 6.95. The zero-order valence-electron chi connectivity index (χ0n) is 20.4. The van der Waals surface area contributed by atoms with Crippen LogP contribution in [0.2, 0.25) is 0 Å². The van der Waals surface area contributed by atoms with Gasteiger partial charge in [-0.1, -0.05) is 53.7 Å². The Kier molecular flexibility index (Phi) is 3.81. The van der Waals surface area contributed by atoms with Crippen LogP contribution in [0.1, 0.15) is 89.7 Å². The van der Waals surface area contributed by atoms with E-state index in [4.69, 9.17) is 5.10 Å². The first-order chi connectivity index (χ1) is 15.0. The number of nitrogens with zero attached hydrogens (tertiary/aromatic N) is 3. The minimum absolute atomic E-state index is 0.123. The van der Waals surface area contributed by atoms with Crippen LogP contribution in [0.5, 0.6) is 0 Å². The lowest BCUT2D eigenvalue weighted by atomic mass is 9.70. The van der Waals surface area contributed by atoms with Crippen LogP contribution >= 0.6 is 0 Å². The SMILES string of the molecule is CC1(C)C[C@@](C)(CC[C@]2(C)CC(C)(C)c3c2ccc2cccn32)c2c1ccc1ccnn21. The zero-order valence-corrected chi connectivity index (χ0v) is 20.4. The molecule has 0 saturated heterocycles. The highest BCUT2D eigenvalue weighted by Crippen LogP contribution is 2.56. The van der Waals surface area contributed by atoms with E-state index < -0.39 is 0 Å². The molecular weight excluding hydrogens is 390 g/mol. The molecule has 32 heavy (non-hydrogen) atoms. The van der Waals surface area contributed by atoms with E-state index in [9.17, 15) is 0 Å². The van der Waals surface area contributed by atoms with E-state index in [-0.39, 0.29) is 21.7 Å². The van der Waals surface area contributed by atoms with E-state index in [0.717, 1.165) is 0 Å². The fourth-order valence-electron chi connectivity index (χ4n) is 7.69. The monoisotopic (exact) mass is 425 g/mol. The van der Waals surface area contributed by atoms with Crippen LogP contribution in [0, 0.1) is 0 Å². The molecule has 4 aromatic heterocycles. The van der Waals surface area contributed by atoms with Crippen LogP contribution in [-0.2, 0) is 21.7 Å². The third-order valence-electron chi connectivity index (χ3n) is 8.74. The molecule has 2 aliphatic rings.